The van der Waals surface area contributed by atoms with Gasteiger partial charge in [0.15, 0.2) is 0 Å². The quantitative estimate of drug-likeness (QED) is 0.503. The summed E-state index contributed by atoms with van der Waals surface area (Å²) in [5.74, 6) is 6.67. The van der Waals surface area contributed by atoms with Gasteiger partial charge < -0.3 is 0 Å². The molecule has 0 radical (unpaired) electrons. The molecular formula is C17H34. The fourth-order valence-electron chi connectivity index (χ4n) is 4.90. The lowest BCUT2D eigenvalue weighted by molar-refractivity contribution is 0.0801. The maximum atomic E-state index is 2.51. The van der Waals surface area contributed by atoms with Crippen molar-refractivity contribution >= 4 is 0 Å². The monoisotopic (exact) mass is 238 g/mol. The van der Waals surface area contributed by atoms with Crippen LogP contribution in [0.25, 0.3) is 0 Å². The lowest BCUT2D eigenvalue weighted by Gasteiger charge is -2.41. The molecule has 0 saturated heterocycles. The first-order valence-electron chi connectivity index (χ1n) is 8.29. The van der Waals surface area contributed by atoms with Gasteiger partial charge in [-0.2, -0.15) is 0 Å². The van der Waals surface area contributed by atoms with Gasteiger partial charge in [0.05, 0.1) is 0 Å². The van der Waals surface area contributed by atoms with E-state index in [0.29, 0.717) is 0 Å². The second-order valence-electron chi connectivity index (χ2n) is 5.89. The van der Waals surface area contributed by atoms with Crippen LogP contribution in [0.3, 0.4) is 0 Å². The maximum absolute atomic E-state index is 2.51. The Hall–Kier alpha value is 0. The Morgan fingerprint density at radius 3 is 1.29 bits per heavy atom. The molecule has 3 aliphatic rings. The lowest BCUT2D eigenvalue weighted by Crippen LogP contribution is -2.34. The molecule has 3 fully saturated rings. The van der Waals surface area contributed by atoms with Gasteiger partial charge in [0.1, 0.15) is 0 Å². The molecule has 17 heavy (non-hydrogen) atoms. The van der Waals surface area contributed by atoms with E-state index in [9.17, 15) is 0 Å². The Balaban J connectivity index is 0.000000330. The van der Waals surface area contributed by atoms with Crippen LogP contribution in [0.2, 0.25) is 0 Å². The molecule has 0 spiro atoms. The lowest BCUT2D eigenvalue weighted by atomic mass is 9.64. The summed E-state index contributed by atoms with van der Waals surface area (Å²) in [4.78, 5) is 0. The first-order valence-corrected chi connectivity index (χ1v) is 8.29. The first kappa shape index (κ1) is 15.1. The minimum absolute atomic E-state index is 1.05. The number of hydrogen-bond acceptors (Lipinski definition) is 0. The molecule has 6 atom stereocenters. The predicted octanol–water partition coefficient (Wildman–Crippen LogP) is 5.77. The molecule has 0 aromatic carbocycles. The number of rotatable bonds is 0. The zero-order chi connectivity index (χ0) is 13.0. The van der Waals surface area contributed by atoms with E-state index < -0.39 is 0 Å². The summed E-state index contributed by atoms with van der Waals surface area (Å²) in [7, 11) is 0. The van der Waals surface area contributed by atoms with Crippen molar-refractivity contribution in [3.05, 3.63) is 0 Å². The number of fused-ring (bicyclic) bond motifs is 5. The molecule has 0 aromatic rings. The van der Waals surface area contributed by atoms with E-state index in [1.807, 2.05) is 27.7 Å². The normalized spacial score (nSPS) is 46.2. The van der Waals surface area contributed by atoms with E-state index in [1.165, 1.54) is 12.8 Å². The highest BCUT2D eigenvalue weighted by atomic mass is 14.6. The summed E-state index contributed by atoms with van der Waals surface area (Å²) in [6.07, 6.45) is 7.81. The molecule has 0 aromatic heterocycles. The predicted molar refractivity (Wildman–Crippen MR) is 78.1 cm³/mol. The van der Waals surface area contributed by atoms with Gasteiger partial charge in [-0.3, -0.25) is 0 Å². The molecule has 3 saturated carbocycles. The van der Waals surface area contributed by atoms with Crippen molar-refractivity contribution in [2.45, 2.75) is 73.6 Å². The Labute approximate surface area is 110 Å². The molecule has 0 aliphatic heterocycles. The largest absolute Gasteiger partial charge is 0.0683 e. The van der Waals surface area contributed by atoms with Crippen LogP contribution in [0.1, 0.15) is 73.6 Å². The molecule has 6 unspecified atom stereocenters. The third-order valence-electron chi connectivity index (χ3n) is 5.70. The summed E-state index contributed by atoms with van der Waals surface area (Å²) in [6.45, 7) is 13.0. The summed E-state index contributed by atoms with van der Waals surface area (Å²) >= 11 is 0. The van der Waals surface area contributed by atoms with Crippen LogP contribution in [0, 0.1) is 35.5 Å². The van der Waals surface area contributed by atoms with Crippen LogP contribution in [-0.2, 0) is 0 Å². The highest BCUT2D eigenvalue weighted by Gasteiger charge is 2.54. The van der Waals surface area contributed by atoms with Crippen molar-refractivity contribution in [2.75, 3.05) is 0 Å². The van der Waals surface area contributed by atoms with Gasteiger partial charge in [-0.05, 0) is 54.8 Å². The third-order valence-corrected chi connectivity index (χ3v) is 5.70. The van der Waals surface area contributed by atoms with Crippen molar-refractivity contribution in [1.29, 1.82) is 0 Å². The molecule has 3 rings (SSSR count). The molecule has 3 aliphatic carbocycles. The summed E-state index contributed by atoms with van der Waals surface area (Å²) in [5, 5.41) is 0. The summed E-state index contributed by atoms with van der Waals surface area (Å²) < 4.78 is 0. The van der Waals surface area contributed by atoms with Crippen molar-refractivity contribution in [3.63, 3.8) is 0 Å². The SMILES string of the molecule is CC.CC.CC1C(C)C2CC1C1CCCCC21. The molecular weight excluding hydrogens is 204 g/mol. The Morgan fingerprint density at radius 2 is 0.941 bits per heavy atom. The second kappa shape index (κ2) is 6.81. The number of hydrogen-bond donors (Lipinski definition) is 0. The Kier molecular flexibility index (Phi) is 6.03. The van der Waals surface area contributed by atoms with E-state index in [0.717, 1.165) is 35.5 Å². The van der Waals surface area contributed by atoms with Crippen LogP contribution < -0.4 is 0 Å². The van der Waals surface area contributed by atoms with Crippen molar-refractivity contribution < 1.29 is 0 Å². The van der Waals surface area contributed by atoms with Gasteiger partial charge in [-0.1, -0.05) is 54.4 Å². The molecule has 0 heterocycles. The fourth-order valence-corrected chi connectivity index (χ4v) is 4.90. The minimum Gasteiger partial charge on any atom is -0.0683 e. The van der Waals surface area contributed by atoms with E-state index in [2.05, 4.69) is 13.8 Å². The summed E-state index contributed by atoms with van der Waals surface area (Å²) in [5.41, 5.74) is 0. The molecule has 0 nitrogen and oxygen atoms in total. The van der Waals surface area contributed by atoms with Crippen LogP contribution >= 0.6 is 0 Å². The van der Waals surface area contributed by atoms with Gasteiger partial charge in [0.25, 0.3) is 0 Å². The maximum Gasteiger partial charge on any atom is -0.0352 e. The smallest absolute Gasteiger partial charge is 0.0352 e. The van der Waals surface area contributed by atoms with E-state index in [1.54, 1.807) is 19.3 Å². The zero-order valence-electron chi connectivity index (χ0n) is 13.0. The second-order valence-corrected chi connectivity index (χ2v) is 5.89. The minimum atomic E-state index is 1.05. The highest BCUT2D eigenvalue weighted by Crippen LogP contribution is 2.61. The highest BCUT2D eigenvalue weighted by molar-refractivity contribution is 5.03. The summed E-state index contributed by atoms with van der Waals surface area (Å²) in [6, 6.07) is 0. The molecule has 102 valence electrons. The van der Waals surface area contributed by atoms with E-state index in [-0.39, 0.29) is 0 Å². The van der Waals surface area contributed by atoms with Crippen molar-refractivity contribution in [2.24, 2.45) is 35.5 Å². The van der Waals surface area contributed by atoms with E-state index >= 15 is 0 Å². The Morgan fingerprint density at radius 1 is 0.588 bits per heavy atom. The van der Waals surface area contributed by atoms with Crippen LogP contribution in [-0.4, -0.2) is 0 Å². The molecule has 0 heteroatoms. The standard InChI is InChI=1S/C13H22.2C2H6/c1-8-9(2)13-7-12(8)10-5-3-4-6-11(10)13;2*1-2/h8-13H,3-7H2,1-2H3;2*1-2H3. The first-order chi connectivity index (χ1) is 8.29. The zero-order valence-corrected chi connectivity index (χ0v) is 13.0. The van der Waals surface area contributed by atoms with Gasteiger partial charge in [-0.25, -0.2) is 0 Å². The average molecular weight is 238 g/mol. The molecule has 2 bridgehead atoms. The Bertz CT molecular complexity index is 182. The van der Waals surface area contributed by atoms with Crippen LogP contribution in [0.5, 0.6) is 0 Å². The van der Waals surface area contributed by atoms with Crippen LogP contribution in [0.15, 0.2) is 0 Å². The van der Waals surface area contributed by atoms with E-state index in [4.69, 9.17) is 0 Å². The molecule has 0 amide bonds. The fraction of sp³-hybridized carbons (Fsp3) is 1.00. The van der Waals surface area contributed by atoms with Gasteiger partial charge in [0.2, 0.25) is 0 Å². The van der Waals surface area contributed by atoms with Gasteiger partial charge in [0, 0.05) is 0 Å². The van der Waals surface area contributed by atoms with Gasteiger partial charge in [-0.15, -0.1) is 0 Å². The molecule has 0 N–H and O–H groups in total. The van der Waals surface area contributed by atoms with Crippen LogP contribution in [0.4, 0.5) is 0 Å². The average Bonchev–Trinajstić information content (AvgIpc) is 2.93. The topological polar surface area (TPSA) is 0 Å². The van der Waals surface area contributed by atoms with Crippen molar-refractivity contribution in [1.82, 2.24) is 0 Å². The van der Waals surface area contributed by atoms with Gasteiger partial charge >= 0.3 is 0 Å². The van der Waals surface area contributed by atoms with Crippen molar-refractivity contribution in [3.8, 4) is 0 Å². The third kappa shape index (κ3) is 2.56.